The Morgan fingerprint density at radius 1 is 1.07 bits per heavy atom. The second-order valence-electron chi connectivity index (χ2n) is 7.78. The van der Waals surface area contributed by atoms with Gasteiger partial charge in [0, 0.05) is 38.8 Å². The summed E-state index contributed by atoms with van der Waals surface area (Å²) in [6.07, 6.45) is 1.99. The zero-order chi connectivity index (χ0) is 21.3. The molecule has 1 fully saturated rings. The summed E-state index contributed by atoms with van der Waals surface area (Å²) >= 11 is 0. The number of likely N-dealkylation sites (tertiary alicyclic amines) is 1. The van der Waals surface area contributed by atoms with Gasteiger partial charge in [0.2, 0.25) is 0 Å². The van der Waals surface area contributed by atoms with Crippen molar-refractivity contribution in [2.24, 2.45) is 4.99 Å². The van der Waals surface area contributed by atoms with Crippen LogP contribution in [0.2, 0.25) is 0 Å². The quantitative estimate of drug-likeness (QED) is 0.517. The first-order valence-electron chi connectivity index (χ1n) is 10.6. The normalized spacial score (nSPS) is 19.5. The molecular formula is C24H34N4O2. The molecule has 2 atom stereocenters. The number of guanidine groups is 1. The van der Waals surface area contributed by atoms with Gasteiger partial charge in [0.25, 0.3) is 0 Å². The average molecular weight is 411 g/mol. The van der Waals surface area contributed by atoms with Gasteiger partial charge in [0.05, 0.1) is 14.2 Å². The fourth-order valence-corrected chi connectivity index (χ4v) is 3.99. The van der Waals surface area contributed by atoms with Crippen LogP contribution in [0.4, 0.5) is 0 Å². The molecular weight excluding hydrogens is 376 g/mol. The van der Waals surface area contributed by atoms with Crippen molar-refractivity contribution in [1.29, 1.82) is 0 Å². The lowest BCUT2D eigenvalue weighted by atomic mass is 10.1. The number of ether oxygens (including phenoxy) is 2. The van der Waals surface area contributed by atoms with E-state index in [1.807, 2.05) is 19.2 Å². The van der Waals surface area contributed by atoms with Crippen molar-refractivity contribution in [1.82, 2.24) is 15.5 Å². The molecule has 3 rings (SSSR count). The number of rotatable bonds is 8. The minimum atomic E-state index is 0.399. The molecule has 1 saturated heterocycles. The van der Waals surface area contributed by atoms with Crippen LogP contribution in [0.1, 0.15) is 24.5 Å². The summed E-state index contributed by atoms with van der Waals surface area (Å²) in [5.74, 6) is 2.37. The van der Waals surface area contributed by atoms with Gasteiger partial charge in [-0.3, -0.25) is 9.89 Å². The predicted molar refractivity (Wildman–Crippen MR) is 122 cm³/mol. The number of nitrogens with one attached hydrogen (secondary N) is 2. The van der Waals surface area contributed by atoms with E-state index in [4.69, 9.17) is 9.47 Å². The van der Waals surface area contributed by atoms with Crippen molar-refractivity contribution in [3.05, 3.63) is 59.7 Å². The van der Waals surface area contributed by atoms with Gasteiger partial charge < -0.3 is 20.1 Å². The van der Waals surface area contributed by atoms with E-state index in [1.54, 1.807) is 14.2 Å². The van der Waals surface area contributed by atoms with Crippen molar-refractivity contribution in [3.63, 3.8) is 0 Å². The Labute approximate surface area is 180 Å². The average Bonchev–Trinajstić information content (AvgIpc) is 3.12. The Bertz CT molecular complexity index is 825. The first-order chi connectivity index (χ1) is 14.6. The lowest BCUT2D eigenvalue weighted by Gasteiger charge is -2.21. The van der Waals surface area contributed by atoms with E-state index in [-0.39, 0.29) is 0 Å². The Hall–Kier alpha value is -2.73. The lowest BCUT2D eigenvalue weighted by molar-refractivity contribution is 0.258. The molecule has 162 valence electrons. The molecule has 1 aliphatic rings. The highest BCUT2D eigenvalue weighted by Crippen LogP contribution is 2.27. The lowest BCUT2D eigenvalue weighted by Crippen LogP contribution is -2.45. The molecule has 2 aromatic rings. The molecule has 2 N–H and O–H groups in total. The number of benzene rings is 2. The fourth-order valence-electron chi connectivity index (χ4n) is 3.99. The van der Waals surface area contributed by atoms with Crippen LogP contribution in [0.5, 0.6) is 11.5 Å². The molecule has 30 heavy (non-hydrogen) atoms. The monoisotopic (exact) mass is 410 g/mol. The SMILES string of the molecule is CN=C(NCCc1ccc(OC)c(OC)c1)NC1CC(C)N(Cc2ccccc2)C1. The van der Waals surface area contributed by atoms with E-state index < -0.39 is 0 Å². The molecule has 0 spiro atoms. The minimum absolute atomic E-state index is 0.399. The highest BCUT2D eigenvalue weighted by molar-refractivity contribution is 5.80. The second kappa shape index (κ2) is 10.9. The summed E-state index contributed by atoms with van der Waals surface area (Å²) in [6.45, 7) is 5.11. The van der Waals surface area contributed by atoms with Crippen LogP contribution >= 0.6 is 0 Å². The number of hydrogen-bond acceptors (Lipinski definition) is 4. The smallest absolute Gasteiger partial charge is 0.191 e. The summed E-state index contributed by atoms with van der Waals surface area (Å²) in [7, 11) is 5.14. The molecule has 0 saturated carbocycles. The summed E-state index contributed by atoms with van der Waals surface area (Å²) in [5, 5.41) is 7.03. The Kier molecular flexibility index (Phi) is 7.97. The van der Waals surface area contributed by atoms with Crippen LogP contribution in [0.25, 0.3) is 0 Å². The van der Waals surface area contributed by atoms with Crippen molar-refractivity contribution in [2.45, 2.75) is 38.4 Å². The van der Waals surface area contributed by atoms with E-state index >= 15 is 0 Å². The summed E-state index contributed by atoms with van der Waals surface area (Å²) < 4.78 is 10.7. The first-order valence-corrected chi connectivity index (χ1v) is 10.6. The zero-order valence-electron chi connectivity index (χ0n) is 18.5. The van der Waals surface area contributed by atoms with E-state index in [0.717, 1.165) is 49.9 Å². The van der Waals surface area contributed by atoms with Gasteiger partial charge >= 0.3 is 0 Å². The molecule has 1 heterocycles. The number of methoxy groups -OCH3 is 2. The van der Waals surface area contributed by atoms with Crippen molar-refractivity contribution in [3.8, 4) is 11.5 Å². The zero-order valence-corrected chi connectivity index (χ0v) is 18.5. The molecule has 0 aromatic heterocycles. The third kappa shape index (κ3) is 5.89. The summed E-state index contributed by atoms with van der Waals surface area (Å²) in [6, 6.07) is 17.7. The Morgan fingerprint density at radius 2 is 1.83 bits per heavy atom. The predicted octanol–water partition coefficient (Wildman–Crippen LogP) is 3.07. The van der Waals surface area contributed by atoms with Crippen LogP contribution in [-0.4, -0.2) is 57.3 Å². The van der Waals surface area contributed by atoms with Gasteiger partial charge in [-0.1, -0.05) is 36.4 Å². The molecule has 2 aromatic carbocycles. The minimum Gasteiger partial charge on any atom is -0.493 e. The molecule has 1 aliphatic heterocycles. The first kappa shape index (κ1) is 22.0. The molecule has 6 nitrogen and oxygen atoms in total. The van der Waals surface area contributed by atoms with E-state index in [2.05, 4.69) is 63.8 Å². The molecule has 0 amide bonds. The molecule has 6 heteroatoms. The van der Waals surface area contributed by atoms with Gasteiger partial charge in [-0.2, -0.15) is 0 Å². The van der Waals surface area contributed by atoms with Crippen LogP contribution in [0.3, 0.4) is 0 Å². The standard InChI is InChI=1S/C24H34N4O2/c1-18-14-21(17-28(18)16-20-8-6-5-7-9-20)27-24(25-2)26-13-12-19-10-11-22(29-3)23(15-19)30-4/h5-11,15,18,21H,12-14,16-17H2,1-4H3,(H2,25,26,27). The number of nitrogens with zero attached hydrogens (tertiary/aromatic N) is 2. The molecule has 0 bridgehead atoms. The van der Waals surface area contributed by atoms with Gasteiger partial charge in [0.15, 0.2) is 17.5 Å². The highest BCUT2D eigenvalue weighted by atomic mass is 16.5. The fraction of sp³-hybridized carbons (Fsp3) is 0.458. The van der Waals surface area contributed by atoms with Crippen molar-refractivity contribution in [2.75, 3.05) is 34.4 Å². The van der Waals surface area contributed by atoms with Crippen LogP contribution in [0, 0.1) is 0 Å². The number of hydrogen-bond donors (Lipinski definition) is 2. The third-order valence-electron chi connectivity index (χ3n) is 5.65. The maximum Gasteiger partial charge on any atom is 0.191 e. The molecule has 2 unspecified atom stereocenters. The van der Waals surface area contributed by atoms with Crippen molar-refractivity contribution >= 4 is 5.96 Å². The van der Waals surface area contributed by atoms with Crippen molar-refractivity contribution < 1.29 is 9.47 Å². The Morgan fingerprint density at radius 3 is 2.53 bits per heavy atom. The second-order valence-corrected chi connectivity index (χ2v) is 7.78. The Balaban J connectivity index is 1.47. The summed E-state index contributed by atoms with van der Waals surface area (Å²) in [5.41, 5.74) is 2.56. The van der Waals surface area contributed by atoms with E-state index in [0.29, 0.717) is 12.1 Å². The van der Waals surface area contributed by atoms with Crippen LogP contribution in [0.15, 0.2) is 53.5 Å². The van der Waals surface area contributed by atoms with Crippen LogP contribution in [-0.2, 0) is 13.0 Å². The highest BCUT2D eigenvalue weighted by Gasteiger charge is 2.29. The summed E-state index contributed by atoms with van der Waals surface area (Å²) in [4.78, 5) is 6.94. The number of aliphatic imine (C=N–C) groups is 1. The van der Waals surface area contributed by atoms with Crippen LogP contribution < -0.4 is 20.1 Å². The topological polar surface area (TPSA) is 58.1 Å². The van der Waals surface area contributed by atoms with Gasteiger partial charge in [-0.25, -0.2) is 0 Å². The third-order valence-corrected chi connectivity index (χ3v) is 5.65. The maximum absolute atomic E-state index is 5.39. The largest absolute Gasteiger partial charge is 0.493 e. The van der Waals surface area contributed by atoms with Gasteiger partial charge in [-0.15, -0.1) is 0 Å². The van der Waals surface area contributed by atoms with E-state index in [1.165, 1.54) is 11.1 Å². The van der Waals surface area contributed by atoms with E-state index in [9.17, 15) is 0 Å². The molecule has 0 aliphatic carbocycles. The van der Waals surface area contributed by atoms with Gasteiger partial charge in [-0.05, 0) is 43.0 Å². The molecule has 0 radical (unpaired) electrons. The van der Waals surface area contributed by atoms with Gasteiger partial charge in [0.1, 0.15) is 0 Å². The maximum atomic E-state index is 5.39.